The van der Waals surface area contributed by atoms with Gasteiger partial charge < -0.3 is 15.4 Å². The van der Waals surface area contributed by atoms with E-state index in [4.69, 9.17) is 16.3 Å². The Bertz CT molecular complexity index is 400. The van der Waals surface area contributed by atoms with Crippen molar-refractivity contribution in [3.63, 3.8) is 0 Å². The van der Waals surface area contributed by atoms with Gasteiger partial charge in [-0.05, 0) is 31.9 Å². The molecule has 2 N–H and O–H groups in total. The fourth-order valence-corrected chi connectivity index (χ4v) is 1.65. The zero-order chi connectivity index (χ0) is 14.6. The highest BCUT2D eigenvalue weighted by Gasteiger charge is 1.98. The van der Waals surface area contributed by atoms with E-state index >= 15 is 0 Å². The molecule has 1 rings (SSSR count). The van der Waals surface area contributed by atoms with Gasteiger partial charge in [0.05, 0.1) is 6.54 Å². The molecule has 0 aromatic carbocycles. The van der Waals surface area contributed by atoms with Crippen LogP contribution in [-0.2, 0) is 11.3 Å². The fraction of sp³-hybridized carbons (Fsp3) is 0.571. The summed E-state index contributed by atoms with van der Waals surface area (Å²) < 4.78 is 5.29. The second kappa shape index (κ2) is 13.1. The number of pyridine rings is 1. The van der Waals surface area contributed by atoms with Gasteiger partial charge in [0, 0.05) is 32.5 Å². The van der Waals surface area contributed by atoms with Gasteiger partial charge in [-0.2, -0.15) is 0 Å². The van der Waals surface area contributed by atoms with Crippen LogP contribution in [0.25, 0.3) is 0 Å². The third-order valence-corrected chi connectivity index (χ3v) is 2.74. The van der Waals surface area contributed by atoms with E-state index in [9.17, 15) is 0 Å². The molecule has 1 aromatic rings. The summed E-state index contributed by atoms with van der Waals surface area (Å²) in [6.07, 6.45) is 2.70. The number of guanidine groups is 1. The number of aromatic nitrogens is 1. The van der Waals surface area contributed by atoms with Gasteiger partial charge >= 0.3 is 0 Å². The number of ether oxygens (including phenoxy) is 1. The highest BCUT2D eigenvalue weighted by molar-refractivity contribution is 14.0. The fourth-order valence-electron chi connectivity index (χ4n) is 1.54. The van der Waals surface area contributed by atoms with Gasteiger partial charge in [-0.1, -0.05) is 17.7 Å². The quantitative estimate of drug-likeness (QED) is 0.221. The molecule has 5 nitrogen and oxygen atoms in total. The molecule has 0 unspecified atom stereocenters. The topological polar surface area (TPSA) is 58.5 Å². The van der Waals surface area contributed by atoms with Gasteiger partial charge in [-0.3, -0.25) is 0 Å². The lowest BCUT2D eigenvalue weighted by Crippen LogP contribution is -2.38. The van der Waals surface area contributed by atoms with Crippen LogP contribution in [0.2, 0.25) is 5.15 Å². The molecular weight excluding hydrogens is 403 g/mol. The third kappa shape index (κ3) is 9.87. The number of nitrogens with zero attached hydrogens (tertiary/aromatic N) is 2. The van der Waals surface area contributed by atoms with Crippen molar-refractivity contribution >= 4 is 41.5 Å². The summed E-state index contributed by atoms with van der Waals surface area (Å²) >= 11 is 5.75. The molecule has 0 bridgehead atoms. The van der Waals surface area contributed by atoms with Crippen LogP contribution < -0.4 is 10.6 Å². The third-order valence-electron chi connectivity index (χ3n) is 2.51. The number of halogens is 2. The highest BCUT2D eigenvalue weighted by Crippen LogP contribution is 2.05. The molecule has 0 spiro atoms. The smallest absolute Gasteiger partial charge is 0.191 e. The Kier molecular flexibility index (Phi) is 12.7. The van der Waals surface area contributed by atoms with E-state index in [1.165, 1.54) is 0 Å². The lowest BCUT2D eigenvalue weighted by atomic mass is 10.3. The second-order valence-electron chi connectivity index (χ2n) is 4.16. The second-order valence-corrected chi connectivity index (χ2v) is 4.55. The molecule has 0 aliphatic heterocycles. The van der Waals surface area contributed by atoms with Crippen molar-refractivity contribution < 1.29 is 4.74 Å². The van der Waals surface area contributed by atoms with Crippen LogP contribution in [0.4, 0.5) is 0 Å². The van der Waals surface area contributed by atoms with E-state index in [0.717, 1.165) is 44.2 Å². The Hall–Kier alpha value is -0.600. The number of hydrogen-bond acceptors (Lipinski definition) is 3. The van der Waals surface area contributed by atoms with Gasteiger partial charge in [0.25, 0.3) is 0 Å². The molecule has 1 heterocycles. The van der Waals surface area contributed by atoms with Crippen molar-refractivity contribution in [3.8, 4) is 0 Å². The van der Waals surface area contributed by atoms with E-state index in [2.05, 4.69) is 20.6 Å². The van der Waals surface area contributed by atoms with Gasteiger partial charge in [-0.25, -0.2) is 9.98 Å². The van der Waals surface area contributed by atoms with Crippen molar-refractivity contribution in [2.45, 2.75) is 26.8 Å². The van der Waals surface area contributed by atoms with E-state index in [0.29, 0.717) is 11.7 Å². The summed E-state index contributed by atoms with van der Waals surface area (Å²) in [4.78, 5) is 8.54. The molecular formula is C14H24ClIN4O. The highest BCUT2D eigenvalue weighted by atomic mass is 127. The first kappa shape index (κ1) is 20.4. The molecule has 0 fully saturated rings. The molecule has 0 radical (unpaired) electrons. The Morgan fingerprint density at radius 2 is 2.14 bits per heavy atom. The van der Waals surface area contributed by atoms with Crippen LogP contribution in [-0.4, -0.2) is 37.2 Å². The number of rotatable bonds is 8. The average Bonchev–Trinajstić information content (AvgIpc) is 2.46. The molecule has 7 heteroatoms. The van der Waals surface area contributed by atoms with Crippen LogP contribution in [0.3, 0.4) is 0 Å². The summed E-state index contributed by atoms with van der Waals surface area (Å²) in [5, 5.41) is 6.98. The van der Waals surface area contributed by atoms with Crippen LogP contribution in [0.15, 0.2) is 23.3 Å². The van der Waals surface area contributed by atoms with Gasteiger partial charge in [0.15, 0.2) is 5.96 Å². The Balaban J connectivity index is 0.00000400. The van der Waals surface area contributed by atoms with Crippen LogP contribution in [0, 0.1) is 0 Å². The molecule has 0 saturated carbocycles. The summed E-state index contributed by atoms with van der Waals surface area (Å²) in [6, 6.07) is 3.70. The molecule has 0 aliphatic carbocycles. The van der Waals surface area contributed by atoms with Crippen LogP contribution in [0.5, 0.6) is 0 Å². The van der Waals surface area contributed by atoms with Crippen molar-refractivity contribution in [1.29, 1.82) is 0 Å². The predicted molar refractivity (Wildman–Crippen MR) is 98.6 cm³/mol. The zero-order valence-electron chi connectivity index (χ0n) is 12.6. The Morgan fingerprint density at radius 3 is 2.76 bits per heavy atom. The summed E-state index contributed by atoms with van der Waals surface area (Å²) in [7, 11) is 0. The summed E-state index contributed by atoms with van der Waals surface area (Å²) in [5.41, 5.74) is 1.03. The van der Waals surface area contributed by atoms with Crippen LogP contribution >= 0.6 is 35.6 Å². The van der Waals surface area contributed by atoms with E-state index < -0.39 is 0 Å². The maximum Gasteiger partial charge on any atom is 0.191 e. The number of hydrogen-bond donors (Lipinski definition) is 2. The van der Waals surface area contributed by atoms with Crippen LogP contribution in [0.1, 0.15) is 25.8 Å². The molecule has 120 valence electrons. The summed E-state index contributed by atoms with van der Waals surface area (Å²) in [6.45, 7) is 7.81. The normalized spacial score (nSPS) is 10.9. The van der Waals surface area contributed by atoms with Crippen molar-refractivity contribution in [2.75, 3.05) is 26.3 Å². The van der Waals surface area contributed by atoms with Gasteiger partial charge in [-0.15, -0.1) is 24.0 Å². The minimum absolute atomic E-state index is 0. The van der Waals surface area contributed by atoms with Crippen molar-refractivity contribution in [1.82, 2.24) is 15.6 Å². The first-order valence-corrected chi connectivity index (χ1v) is 7.34. The molecule has 0 amide bonds. The SMILES string of the molecule is CCNC(=NCc1ccc(Cl)nc1)NCCCOCC.I. The van der Waals surface area contributed by atoms with E-state index in [1.807, 2.05) is 19.9 Å². The number of nitrogens with one attached hydrogen (secondary N) is 2. The van der Waals surface area contributed by atoms with Gasteiger partial charge in [0.1, 0.15) is 5.15 Å². The maximum absolute atomic E-state index is 5.75. The monoisotopic (exact) mass is 426 g/mol. The zero-order valence-corrected chi connectivity index (χ0v) is 15.6. The lowest BCUT2D eigenvalue weighted by Gasteiger charge is -2.11. The molecule has 21 heavy (non-hydrogen) atoms. The maximum atomic E-state index is 5.75. The largest absolute Gasteiger partial charge is 0.382 e. The first-order chi connectivity index (χ1) is 9.76. The Morgan fingerprint density at radius 1 is 1.33 bits per heavy atom. The molecule has 0 atom stereocenters. The van der Waals surface area contributed by atoms with Gasteiger partial charge in [0.2, 0.25) is 0 Å². The lowest BCUT2D eigenvalue weighted by molar-refractivity contribution is 0.145. The number of aliphatic imine (C=N–C) groups is 1. The minimum atomic E-state index is 0. The molecule has 1 aromatic heterocycles. The Labute approximate surface area is 148 Å². The van der Waals surface area contributed by atoms with Crippen molar-refractivity contribution in [2.24, 2.45) is 4.99 Å². The molecule has 0 saturated heterocycles. The van der Waals surface area contributed by atoms with E-state index in [1.54, 1.807) is 12.3 Å². The average molecular weight is 427 g/mol. The summed E-state index contributed by atoms with van der Waals surface area (Å²) in [5.74, 6) is 0.805. The predicted octanol–water partition coefficient (Wildman–Crippen LogP) is 2.83. The van der Waals surface area contributed by atoms with E-state index in [-0.39, 0.29) is 24.0 Å². The minimum Gasteiger partial charge on any atom is -0.382 e. The first-order valence-electron chi connectivity index (χ1n) is 6.96. The molecule has 0 aliphatic rings. The standard InChI is InChI=1S/C14H23ClN4O.HI/c1-3-16-14(17-8-5-9-20-4-2)19-11-12-6-7-13(15)18-10-12;/h6-7,10H,3-5,8-9,11H2,1-2H3,(H2,16,17,19);1H. The van der Waals surface area contributed by atoms with Crippen molar-refractivity contribution in [3.05, 3.63) is 29.0 Å².